The molecule has 0 radical (unpaired) electrons. The van der Waals surface area contributed by atoms with Crippen LogP contribution in [0.25, 0.3) is 111 Å². The molecule has 4 heterocycles. The van der Waals surface area contributed by atoms with Crippen LogP contribution in [0, 0.1) is 0 Å². The minimum atomic E-state index is 0.634. The molecular formula is C50H30N4O2. The van der Waals surface area contributed by atoms with Crippen molar-refractivity contribution in [2.75, 3.05) is 0 Å². The zero-order valence-corrected chi connectivity index (χ0v) is 29.9. The molecule has 0 aliphatic rings. The van der Waals surface area contributed by atoms with Crippen molar-refractivity contribution >= 4 is 43.9 Å². The van der Waals surface area contributed by atoms with Crippen LogP contribution < -0.4 is 0 Å². The van der Waals surface area contributed by atoms with E-state index in [-0.39, 0.29) is 0 Å². The molecule has 7 aromatic carbocycles. The van der Waals surface area contributed by atoms with Gasteiger partial charge in [0.1, 0.15) is 28.7 Å². The van der Waals surface area contributed by atoms with Crippen molar-refractivity contribution in [2.45, 2.75) is 0 Å². The highest BCUT2D eigenvalue weighted by Gasteiger charge is 2.16. The van der Waals surface area contributed by atoms with Crippen LogP contribution in [0.5, 0.6) is 0 Å². The molecule has 6 nitrogen and oxygen atoms in total. The van der Waals surface area contributed by atoms with E-state index in [1.807, 2.05) is 54.9 Å². The van der Waals surface area contributed by atoms with Gasteiger partial charge in [-0.1, -0.05) is 103 Å². The highest BCUT2D eigenvalue weighted by molar-refractivity contribution is 6.07. The fourth-order valence-electron chi connectivity index (χ4n) is 7.66. The Labute approximate surface area is 321 Å². The van der Waals surface area contributed by atoms with E-state index in [0.717, 1.165) is 105 Å². The number of hydrogen-bond donors (Lipinski definition) is 0. The summed E-state index contributed by atoms with van der Waals surface area (Å²) in [6.07, 6.45) is 5.19. The molecule has 0 unspecified atom stereocenters. The Kier molecular flexibility index (Phi) is 7.38. The van der Waals surface area contributed by atoms with Crippen molar-refractivity contribution in [1.29, 1.82) is 0 Å². The van der Waals surface area contributed by atoms with Gasteiger partial charge in [-0.25, -0.2) is 19.9 Å². The minimum absolute atomic E-state index is 0.634. The van der Waals surface area contributed by atoms with E-state index in [0.29, 0.717) is 5.82 Å². The number of furan rings is 2. The fourth-order valence-corrected chi connectivity index (χ4v) is 7.66. The highest BCUT2D eigenvalue weighted by atomic mass is 16.3. The van der Waals surface area contributed by atoms with Gasteiger partial charge in [0.05, 0.1) is 11.4 Å². The van der Waals surface area contributed by atoms with Gasteiger partial charge in [-0.05, 0) is 88.5 Å². The lowest BCUT2D eigenvalue weighted by atomic mass is 9.94. The number of nitrogens with zero attached hydrogens (tertiary/aromatic N) is 4. The summed E-state index contributed by atoms with van der Waals surface area (Å²) in [5.41, 5.74) is 14.3. The minimum Gasteiger partial charge on any atom is -0.456 e. The molecule has 0 atom stereocenters. The van der Waals surface area contributed by atoms with E-state index >= 15 is 0 Å². The Morgan fingerprint density at radius 2 is 0.768 bits per heavy atom. The Morgan fingerprint density at radius 1 is 0.304 bits per heavy atom. The molecule has 11 rings (SSSR count). The average molecular weight is 719 g/mol. The van der Waals surface area contributed by atoms with E-state index in [9.17, 15) is 0 Å². The second-order valence-corrected chi connectivity index (χ2v) is 13.9. The predicted molar refractivity (Wildman–Crippen MR) is 225 cm³/mol. The molecule has 0 aliphatic heterocycles. The van der Waals surface area contributed by atoms with Gasteiger partial charge in [-0.2, -0.15) is 0 Å². The number of fused-ring (bicyclic) bond motifs is 6. The molecule has 0 aliphatic carbocycles. The maximum atomic E-state index is 6.21. The second-order valence-electron chi connectivity index (χ2n) is 13.9. The lowest BCUT2D eigenvalue weighted by Gasteiger charge is -2.13. The normalized spacial score (nSPS) is 11.6. The zero-order valence-electron chi connectivity index (χ0n) is 29.9. The van der Waals surface area contributed by atoms with Crippen LogP contribution in [0.3, 0.4) is 0 Å². The predicted octanol–water partition coefficient (Wildman–Crippen LogP) is 13.1. The molecule has 6 heteroatoms. The molecule has 0 N–H and O–H groups in total. The van der Waals surface area contributed by atoms with Gasteiger partial charge >= 0.3 is 0 Å². The smallest absolute Gasteiger partial charge is 0.160 e. The van der Waals surface area contributed by atoms with Crippen LogP contribution >= 0.6 is 0 Å². The lowest BCUT2D eigenvalue weighted by Crippen LogP contribution is -1.97. The number of aromatic nitrogens is 4. The van der Waals surface area contributed by atoms with E-state index in [1.54, 1.807) is 6.33 Å². The molecule has 0 spiro atoms. The van der Waals surface area contributed by atoms with Gasteiger partial charge < -0.3 is 8.83 Å². The highest BCUT2D eigenvalue weighted by Crippen LogP contribution is 2.39. The summed E-state index contributed by atoms with van der Waals surface area (Å²) in [7, 11) is 0. The Morgan fingerprint density at radius 3 is 1.36 bits per heavy atom. The molecule has 0 amide bonds. The van der Waals surface area contributed by atoms with Crippen molar-refractivity contribution in [3.63, 3.8) is 0 Å². The molecule has 262 valence electrons. The first-order chi connectivity index (χ1) is 27.7. The Bertz CT molecular complexity index is 3110. The van der Waals surface area contributed by atoms with Gasteiger partial charge in [-0.15, -0.1) is 0 Å². The van der Waals surface area contributed by atoms with Gasteiger partial charge in [-0.3, -0.25) is 0 Å². The van der Waals surface area contributed by atoms with Crippen LogP contribution in [-0.4, -0.2) is 19.9 Å². The monoisotopic (exact) mass is 718 g/mol. The first-order valence-corrected chi connectivity index (χ1v) is 18.5. The van der Waals surface area contributed by atoms with Crippen LogP contribution in [0.2, 0.25) is 0 Å². The molecule has 56 heavy (non-hydrogen) atoms. The Balaban J connectivity index is 1.11. The van der Waals surface area contributed by atoms with E-state index in [4.69, 9.17) is 18.8 Å². The zero-order chi connectivity index (χ0) is 37.0. The van der Waals surface area contributed by atoms with Crippen molar-refractivity contribution in [3.8, 4) is 67.3 Å². The van der Waals surface area contributed by atoms with Crippen molar-refractivity contribution < 1.29 is 8.83 Å². The number of para-hydroxylation sites is 2. The van der Waals surface area contributed by atoms with Crippen LogP contribution in [-0.2, 0) is 0 Å². The molecular weight excluding hydrogens is 689 g/mol. The lowest BCUT2D eigenvalue weighted by molar-refractivity contribution is 0.668. The Hall–Kier alpha value is -7.70. The second kappa shape index (κ2) is 13.0. The summed E-state index contributed by atoms with van der Waals surface area (Å²) in [5, 5.41) is 4.33. The number of rotatable bonds is 6. The quantitative estimate of drug-likeness (QED) is 0.170. The number of benzene rings is 7. The van der Waals surface area contributed by atoms with E-state index in [2.05, 4.69) is 131 Å². The summed E-state index contributed by atoms with van der Waals surface area (Å²) in [4.78, 5) is 18.9. The molecule has 0 saturated carbocycles. The summed E-state index contributed by atoms with van der Waals surface area (Å²) < 4.78 is 12.4. The summed E-state index contributed by atoms with van der Waals surface area (Å²) in [6.45, 7) is 0. The summed E-state index contributed by atoms with van der Waals surface area (Å²) in [5.74, 6) is 0.634. The van der Waals surface area contributed by atoms with Crippen molar-refractivity contribution in [3.05, 3.63) is 183 Å². The molecule has 11 aromatic rings. The molecule has 0 saturated heterocycles. The van der Waals surface area contributed by atoms with Gasteiger partial charge in [0.25, 0.3) is 0 Å². The molecule has 0 bridgehead atoms. The first-order valence-electron chi connectivity index (χ1n) is 18.5. The van der Waals surface area contributed by atoms with E-state index in [1.165, 1.54) is 0 Å². The maximum Gasteiger partial charge on any atom is 0.160 e. The third-order valence-electron chi connectivity index (χ3n) is 10.5. The van der Waals surface area contributed by atoms with Crippen molar-refractivity contribution in [2.24, 2.45) is 0 Å². The number of hydrogen-bond acceptors (Lipinski definition) is 6. The average Bonchev–Trinajstić information content (AvgIpc) is 3.84. The van der Waals surface area contributed by atoms with Gasteiger partial charge in [0, 0.05) is 56.2 Å². The topological polar surface area (TPSA) is 77.8 Å². The van der Waals surface area contributed by atoms with Gasteiger partial charge in [0.2, 0.25) is 0 Å². The third kappa shape index (κ3) is 5.60. The van der Waals surface area contributed by atoms with E-state index < -0.39 is 0 Å². The van der Waals surface area contributed by atoms with Crippen LogP contribution in [0.15, 0.2) is 191 Å². The molecule has 0 fully saturated rings. The summed E-state index contributed by atoms with van der Waals surface area (Å²) in [6, 6.07) is 56.6. The third-order valence-corrected chi connectivity index (χ3v) is 10.5. The SMILES string of the molecule is c1ccc(-c2cc(-c3ccc(-c4cncnc4)cc3)nc(-c3cc(-c4ccc5oc6ccccc6c5c4)cc(-c4ccc5oc6ccccc6c5c4)c3)n2)cc1. The largest absolute Gasteiger partial charge is 0.456 e. The summed E-state index contributed by atoms with van der Waals surface area (Å²) >= 11 is 0. The maximum absolute atomic E-state index is 6.21. The molecule has 4 aromatic heterocycles. The standard InChI is InChI=1S/C50H30N4O2/c1-2-8-32(9-3-1)44-27-45(33-16-14-31(15-17-33)39-28-51-30-52-29-39)54-50(53-44)38-23-36(34-18-20-48-42(25-34)40-10-4-6-12-46(40)55-48)22-37(24-38)35-19-21-49-43(26-35)41-11-5-7-13-47(41)56-49/h1-30H. The van der Waals surface area contributed by atoms with Crippen LogP contribution in [0.4, 0.5) is 0 Å². The van der Waals surface area contributed by atoms with Gasteiger partial charge in [0.15, 0.2) is 5.82 Å². The first kappa shape index (κ1) is 31.8. The fraction of sp³-hybridized carbons (Fsp3) is 0. The van der Waals surface area contributed by atoms with Crippen molar-refractivity contribution in [1.82, 2.24) is 19.9 Å². The van der Waals surface area contributed by atoms with Crippen LogP contribution in [0.1, 0.15) is 0 Å².